The molecule has 15 heavy (non-hydrogen) atoms. The molecule has 0 spiro atoms. The van der Waals surface area contributed by atoms with Crippen LogP contribution in [-0.2, 0) is 0 Å². The molecule has 1 unspecified atom stereocenters. The maximum absolute atomic E-state index is 13.2. The number of nitrogens with one attached hydrogen (secondary N) is 1. The van der Waals surface area contributed by atoms with Crippen molar-refractivity contribution in [2.45, 2.75) is 13.0 Å². The molecule has 0 aliphatic rings. The van der Waals surface area contributed by atoms with Gasteiger partial charge in [-0.3, -0.25) is 0 Å². The number of halogens is 1. The van der Waals surface area contributed by atoms with Crippen LogP contribution in [0.5, 0.6) is 0 Å². The van der Waals surface area contributed by atoms with Gasteiger partial charge in [0.15, 0.2) is 11.6 Å². The third kappa shape index (κ3) is 3.32. The predicted molar refractivity (Wildman–Crippen MR) is 58.0 cm³/mol. The second kappa shape index (κ2) is 4.88. The number of nitrogens with zero attached hydrogens (tertiary/aromatic N) is 3. The van der Waals surface area contributed by atoms with E-state index in [9.17, 15) is 4.39 Å². The SMILES string of the molecule is CC(CNc1nc(N)ncc1F)N(C)C. The summed E-state index contributed by atoms with van der Waals surface area (Å²) in [6.07, 6.45) is 1.06. The van der Waals surface area contributed by atoms with Gasteiger partial charge < -0.3 is 16.0 Å². The number of likely N-dealkylation sites (N-methyl/N-ethyl adjacent to an activating group) is 1. The first-order chi connectivity index (χ1) is 7.00. The summed E-state index contributed by atoms with van der Waals surface area (Å²) in [7, 11) is 3.91. The van der Waals surface area contributed by atoms with E-state index in [1.807, 2.05) is 25.9 Å². The molecule has 3 N–H and O–H groups in total. The Kier molecular flexibility index (Phi) is 3.79. The van der Waals surface area contributed by atoms with Crippen molar-refractivity contribution in [2.24, 2.45) is 0 Å². The topological polar surface area (TPSA) is 67.1 Å². The minimum atomic E-state index is -0.491. The largest absolute Gasteiger partial charge is 0.368 e. The molecule has 1 aromatic heterocycles. The highest BCUT2D eigenvalue weighted by atomic mass is 19.1. The number of hydrogen-bond acceptors (Lipinski definition) is 5. The first-order valence-electron chi connectivity index (χ1n) is 4.69. The Hall–Kier alpha value is -1.43. The van der Waals surface area contributed by atoms with Gasteiger partial charge in [0, 0.05) is 12.6 Å². The van der Waals surface area contributed by atoms with Crippen LogP contribution in [0.1, 0.15) is 6.92 Å². The molecule has 0 saturated carbocycles. The van der Waals surface area contributed by atoms with Gasteiger partial charge >= 0.3 is 0 Å². The van der Waals surface area contributed by atoms with Crippen molar-refractivity contribution in [3.05, 3.63) is 12.0 Å². The Balaban J connectivity index is 2.61. The Bertz CT molecular complexity index is 328. The van der Waals surface area contributed by atoms with Gasteiger partial charge in [-0.05, 0) is 21.0 Å². The van der Waals surface area contributed by atoms with Crippen LogP contribution in [0.15, 0.2) is 6.20 Å². The molecule has 0 fully saturated rings. The van der Waals surface area contributed by atoms with E-state index in [0.29, 0.717) is 6.54 Å². The van der Waals surface area contributed by atoms with Crippen LogP contribution in [0.25, 0.3) is 0 Å². The zero-order valence-electron chi connectivity index (χ0n) is 9.16. The predicted octanol–water partition coefficient (Wildman–Crippen LogP) is 0.560. The first-order valence-corrected chi connectivity index (χ1v) is 4.69. The lowest BCUT2D eigenvalue weighted by atomic mass is 10.3. The van der Waals surface area contributed by atoms with Crippen LogP contribution in [0.4, 0.5) is 16.2 Å². The highest BCUT2D eigenvalue weighted by Crippen LogP contribution is 2.10. The molecule has 0 radical (unpaired) electrons. The van der Waals surface area contributed by atoms with Gasteiger partial charge in [0.25, 0.3) is 0 Å². The van der Waals surface area contributed by atoms with Crippen molar-refractivity contribution >= 4 is 11.8 Å². The number of anilines is 2. The highest BCUT2D eigenvalue weighted by Gasteiger charge is 2.08. The maximum atomic E-state index is 13.2. The molecule has 0 saturated heterocycles. The first kappa shape index (κ1) is 11.6. The quantitative estimate of drug-likeness (QED) is 0.765. The fraction of sp³-hybridized carbons (Fsp3) is 0.556. The molecule has 0 aliphatic carbocycles. The molecule has 0 aromatic carbocycles. The maximum Gasteiger partial charge on any atom is 0.222 e. The summed E-state index contributed by atoms with van der Waals surface area (Å²) in [6, 6.07) is 0.278. The number of nitrogen functional groups attached to an aromatic ring is 1. The van der Waals surface area contributed by atoms with Gasteiger partial charge in [0.05, 0.1) is 6.20 Å². The van der Waals surface area contributed by atoms with Crippen LogP contribution >= 0.6 is 0 Å². The summed E-state index contributed by atoms with van der Waals surface area (Å²) in [4.78, 5) is 9.33. The second-order valence-corrected chi connectivity index (χ2v) is 3.62. The Morgan fingerprint density at radius 3 is 2.87 bits per heavy atom. The van der Waals surface area contributed by atoms with Crippen molar-refractivity contribution in [1.82, 2.24) is 14.9 Å². The molecule has 84 valence electrons. The molecule has 1 heterocycles. The molecular weight excluding hydrogens is 197 g/mol. The van der Waals surface area contributed by atoms with Crippen molar-refractivity contribution in [3.63, 3.8) is 0 Å². The molecule has 1 aromatic rings. The summed E-state index contributed by atoms with van der Waals surface area (Å²) in [5.74, 6) is -0.275. The zero-order valence-corrected chi connectivity index (χ0v) is 9.16. The number of rotatable bonds is 4. The fourth-order valence-electron chi connectivity index (χ4n) is 0.932. The smallest absolute Gasteiger partial charge is 0.222 e. The monoisotopic (exact) mass is 213 g/mol. The Morgan fingerprint density at radius 2 is 2.27 bits per heavy atom. The van der Waals surface area contributed by atoms with Crippen molar-refractivity contribution in [1.29, 1.82) is 0 Å². The number of nitrogens with two attached hydrogens (primary N) is 1. The van der Waals surface area contributed by atoms with Gasteiger partial charge in [-0.1, -0.05) is 0 Å². The van der Waals surface area contributed by atoms with Crippen LogP contribution in [0.2, 0.25) is 0 Å². The summed E-state index contributed by atoms with van der Waals surface area (Å²) in [5.41, 5.74) is 5.35. The number of hydrogen-bond donors (Lipinski definition) is 2. The molecular formula is C9H16FN5. The van der Waals surface area contributed by atoms with E-state index in [-0.39, 0.29) is 17.8 Å². The molecule has 5 nitrogen and oxygen atoms in total. The minimum absolute atomic E-state index is 0.0661. The average molecular weight is 213 g/mol. The van der Waals surface area contributed by atoms with Gasteiger partial charge in [-0.25, -0.2) is 9.37 Å². The van der Waals surface area contributed by atoms with Gasteiger partial charge in [-0.15, -0.1) is 0 Å². The van der Waals surface area contributed by atoms with E-state index in [1.165, 1.54) is 0 Å². The molecule has 0 aliphatic heterocycles. The van der Waals surface area contributed by atoms with Crippen LogP contribution < -0.4 is 11.1 Å². The van der Waals surface area contributed by atoms with Crippen molar-refractivity contribution in [2.75, 3.05) is 31.7 Å². The summed E-state index contributed by atoms with van der Waals surface area (Å²) < 4.78 is 13.2. The standard InChI is InChI=1S/C9H16FN5/c1-6(15(2)3)4-12-8-7(10)5-13-9(11)14-8/h5-6H,4H2,1-3H3,(H3,11,12,13,14). The van der Waals surface area contributed by atoms with E-state index in [2.05, 4.69) is 15.3 Å². The van der Waals surface area contributed by atoms with Crippen molar-refractivity contribution < 1.29 is 4.39 Å². The van der Waals surface area contributed by atoms with Gasteiger partial charge in [-0.2, -0.15) is 4.98 Å². The summed E-state index contributed by atoms with van der Waals surface area (Å²) in [5, 5.41) is 2.89. The molecule has 0 bridgehead atoms. The van der Waals surface area contributed by atoms with Crippen LogP contribution in [-0.4, -0.2) is 41.5 Å². The fourth-order valence-corrected chi connectivity index (χ4v) is 0.932. The summed E-state index contributed by atoms with van der Waals surface area (Å²) in [6.45, 7) is 2.62. The molecule has 6 heteroatoms. The minimum Gasteiger partial charge on any atom is -0.368 e. The van der Waals surface area contributed by atoms with E-state index in [0.717, 1.165) is 6.20 Å². The van der Waals surface area contributed by atoms with E-state index >= 15 is 0 Å². The van der Waals surface area contributed by atoms with Gasteiger partial charge in [0.1, 0.15) is 0 Å². The Labute approximate surface area is 88.5 Å². The van der Waals surface area contributed by atoms with Crippen molar-refractivity contribution in [3.8, 4) is 0 Å². The van der Waals surface area contributed by atoms with E-state index in [4.69, 9.17) is 5.73 Å². The molecule has 1 rings (SSSR count). The average Bonchev–Trinajstić information content (AvgIpc) is 2.18. The highest BCUT2D eigenvalue weighted by molar-refractivity contribution is 5.39. The third-order valence-corrected chi connectivity index (χ3v) is 2.21. The molecule has 1 atom stereocenters. The zero-order chi connectivity index (χ0) is 11.4. The lowest BCUT2D eigenvalue weighted by Crippen LogP contribution is -2.32. The Morgan fingerprint density at radius 1 is 1.60 bits per heavy atom. The lowest BCUT2D eigenvalue weighted by Gasteiger charge is -2.20. The van der Waals surface area contributed by atoms with Crippen LogP contribution in [0, 0.1) is 5.82 Å². The third-order valence-electron chi connectivity index (χ3n) is 2.21. The van der Waals surface area contributed by atoms with Crippen LogP contribution in [0.3, 0.4) is 0 Å². The molecule has 0 amide bonds. The lowest BCUT2D eigenvalue weighted by molar-refractivity contribution is 0.325. The summed E-state index contributed by atoms with van der Waals surface area (Å²) >= 11 is 0. The second-order valence-electron chi connectivity index (χ2n) is 3.62. The number of aromatic nitrogens is 2. The normalized spacial score (nSPS) is 12.9. The van der Waals surface area contributed by atoms with Gasteiger partial charge in [0.2, 0.25) is 5.95 Å². The van der Waals surface area contributed by atoms with E-state index in [1.54, 1.807) is 0 Å². The van der Waals surface area contributed by atoms with E-state index < -0.39 is 5.82 Å².